The molecule has 0 saturated carbocycles. The van der Waals surface area contributed by atoms with Gasteiger partial charge in [0.25, 0.3) is 5.82 Å². The summed E-state index contributed by atoms with van der Waals surface area (Å²) in [5, 5.41) is 0. The van der Waals surface area contributed by atoms with Gasteiger partial charge in [-0.1, -0.05) is 62.4 Å². The lowest BCUT2D eigenvalue weighted by atomic mass is 9.95. The Balaban J connectivity index is 1.84. The first-order valence-electron chi connectivity index (χ1n) is 11.2. The Bertz CT molecular complexity index is 1410. The van der Waals surface area contributed by atoms with Crippen LogP contribution in [0, 0.1) is 6.92 Å². The number of benzene rings is 3. The van der Waals surface area contributed by atoms with Crippen molar-refractivity contribution in [3.8, 4) is 28.2 Å². The van der Waals surface area contributed by atoms with Crippen LogP contribution in [0.25, 0.3) is 39.2 Å². The second-order valence-electron chi connectivity index (χ2n) is 8.69. The number of fused-ring (bicyclic) bond motifs is 1. The number of pyridine rings is 1. The lowest BCUT2D eigenvalue weighted by Gasteiger charge is -2.15. The highest BCUT2D eigenvalue weighted by atomic mass is 15.2. The molecule has 0 unspecified atom stereocenters. The number of imidazole rings is 1. The lowest BCUT2D eigenvalue weighted by Crippen LogP contribution is -2.30. The molecule has 5 rings (SSSR count). The van der Waals surface area contributed by atoms with Crippen molar-refractivity contribution in [2.45, 2.75) is 26.7 Å². The molecule has 0 aliphatic heterocycles. The second-order valence-corrected chi connectivity index (χ2v) is 8.69. The highest BCUT2D eigenvalue weighted by Crippen LogP contribution is 2.34. The number of rotatable bonds is 4. The van der Waals surface area contributed by atoms with E-state index < -0.39 is 0 Å². The van der Waals surface area contributed by atoms with E-state index in [1.54, 1.807) is 0 Å². The molecule has 3 nitrogen and oxygen atoms in total. The molecular formula is C29H28N3+. The van der Waals surface area contributed by atoms with Crippen molar-refractivity contribution in [2.75, 3.05) is 0 Å². The minimum Gasteiger partial charge on any atom is -0.264 e. The SMILES string of the molecule is Cc1cnccc1-c1n(-c2ccc(-c3ccccc3)cc2C(C)C)c2ccccc2[n+]1C. The van der Waals surface area contributed by atoms with Crippen LogP contribution in [0.3, 0.4) is 0 Å². The van der Waals surface area contributed by atoms with Gasteiger partial charge in [-0.3, -0.25) is 4.98 Å². The molecule has 0 aliphatic rings. The Morgan fingerprint density at radius 2 is 1.59 bits per heavy atom. The minimum absolute atomic E-state index is 0.381. The van der Waals surface area contributed by atoms with Gasteiger partial charge in [0.15, 0.2) is 11.0 Å². The van der Waals surface area contributed by atoms with Crippen LogP contribution in [-0.2, 0) is 7.05 Å². The van der Waals surface area contributed by atoms with Crippen LogP contribution in [-0.4, -0.2) is 9.55 Å². The molecule has 0 aliphatic carbocycles. The van der Waals surface area contributed by atoms with Gasteiger partial charge in [-0.05, 0) is 59.9 Å². The van der Waals surface area contributed by atoms with Crippen LogP contribution in [0.15, 0.2) is 91.3 Å². The maximum Gasteiger partial charge on any atom is 0.295 e. The summed E-state index contributed by atoms with van der Waals surface area (Å²) < 4.78 is 4.72. The minimum atomic E-state index is 0.381. The van der Waals surface area contributed by atoms with Gasteiger partial charge in [0.2, 0.25) is 0 Å². The monoisotopic (exact) mass is 418 g/mol. The largest absolute Gasteiger partial charge is 0.295 e. The Morgan fingerprint density at radius 1 is 0.844 bits per heavy atom. The molecule has 158 valence electrons. The maximum absolute atomic E-state index is 4.33. The number of aryl methyl sites for hydroxylation is 2. The topological polar surface area (TPSA) is 21.7 Å². The van der Waals surface area contributed by atoms with Crippen molar-refractivity contribution in [1.82, 2.24) is 9.55 Å². The van der Waals surface area contributed by atoms with E-state index in [2.05, 4.69) is 121 Å². The molecule has 0 atom stereocenters. The molecule has 0 bridgehead atoms. The van der Waals surface area contributed by atoms with E-state index in [0.717, 1.165) is 0 Å². The first kappa shape index (κ1) is 20.2. The van der Waals surface area contributed by atoms with Crippen LogP contribution in [0.1, 0.15) is 30.9 Å². The fourth-order valence-corrected chi connectivity index (χ4v) is 4.62. The van der Waals surface area contributed by atoms with Gasteiger partial charge in [0.05, 0.1) is 12.6 Å². The molecule has 0 saturated heterocycles. The fraction of sp³-hybridized carbons (Fsp3) is 0.172. The second kappa shape index (κ2) is 8.08. The van der Waals surface area contributed by atoms with Gasteiger partial charge in [-0.2, -0.15) is 4.57 Å². The normalized spacial score (nSPS) is 11.4. The first-order chi connectivity index (χ1) is 15.6. The number of hydrogen-bond donors (Lipinski definition) is 0. The summed E-state index contributed by atoms with van der Waals surface area (Å²) >= 11 is 0. The standard InChI is InChI=1S/C29H28N3/c1-20(2)25-18-23(22-10-6-5-7-11-22)14-15-26(25)32-28-13-9-8-12-27(28)31(4)29(32)24-16-17-30-19-21(24)3/h5-20H,1-4H3/q+1. The van der Waals surface area contributed by atoms with E-state index in [1.165, 1.54) is 50.4 Å². The van der Waals surface area contributed by atoms with Gasteiger partial charge in [0, 0.05) is 18.0 Å². The van der Waals surface area contributed by atoms with E-state index >= 15 is 0 Å². The number of aromatic nitrogens is 3. The van der Waals surface area contributed by atoms with Crippen LogP contribution in [0.5, 0.6) is 0 Å². The average molecular weight is 419 g/mol. The van der Waals surface area contributed by atoms with Crippen LogP contribution >= 0.6 is 0 Å². The van der Waals surface area contributed by atoms with Gasteiger partial charge in [-0.15, -0.1) is 0 Å². The predicted octanol–water partition coefficient (Wildman–Crippen LogP) is 6.62. The van der Waals surface area contributed by atoms with Crippen molar-refractivity contribution >= 4 is 11.0 Å². The Morgan fingerprint density at radius 3 is 2.34 bits per heavy atom. The van der Waals surface area contributed by atoms with Crippen molar-refractivity contribution in [2.24, 2.45) is 7.05 Å². The molecule has 32 heavy (non-hydrogen) atoms. The molecule has 5 aromatic rings. The van der Waals surface area contributed by atoms with Gasteiger partial charge in [0.1, 0.15) is 5.69 Å². The van der Waals surface area contributed by atoms with Gasteiger partial charge >= 0.3 is 0 Å². The zero-order chi connectivity index (χ0) is 22.2. The molecule has 0 N–H and O–H groups in total. The van der Waals surface area contributed by atoms with Crippen LogP contribution in [0.2, 0.25) is 0 Å². The Hall–Kier alpha value is -3.72. The summed E-state index contributed by atoms with van der Waals surface area (Å²) in [6.45, 7) is 6.68. The van der Waals surface area contributed by atoms with Crippen LogP contribution in [0.4, 0.5) is 0 Å². The third-order valence-electron chi connectivity index (χ3n) is 6.27. The average Bonchev–Trinajstić information content (AvgIpc) is 3.12. The number of hydrogen-bond acceptors (Lipinski definition) is 1. The molecule has 0 radical (unpaired) electrons. The molecule has 2 aromatic heterocycles. The molecule has 0 fully saturated rings. The molecular weight excluding hydrogens is 390 g/mol. The van der Waals surface area contributed by atoms with E-state index in [4.69, 9.17) is 0 Å². The molecule has 3 heteroatoms. The van der Waals surface area contributed by atoms with Crippen molar-refractivity contribution in [3.63, 3.8) is 0 Å². The zero-order valence-electron chi connectivity index (χ0n) is 19.1. The van der Waals surface area contributed by atoms with Gasteiger partial charge in [-0.25, -0.2) is 4.57 Å². The zero-order valence-corrected chi connectivity index (χ0v) is 19.1. The van der Waals surface area contributed by atoms with E-state index in [1.807, 2.05) is 12.4 Å². The summed E-state index contributed by atoms with van der Waals surface area (Å²) in [7, 11) is 2.15. The third-order valence-corrected chi connectivity index (χ3v) is 6.27. The van der Waals surface area contributed by atoms with Gasteiger partial charge < -0.3 is 0 Å². The summed E-state index contributed by atoms with van der Waals surface area (Å²) in [4.78, 5) is 4.33. The smallest absolute Gasteiger partial charge is 0.264 e. The van der Waals surface area contributed by atoms with E-state index in [9.17, 15) is 0 Å². The maximum atomic E-state index is 4.33. The first-order valence-corrected chi connectivity index (χ1v) is 11.2. The summed E-state index contributed by atoms with van der Waals surface area (Å²) in [5.74, 6) is 1.55. The lowest BCUT2D eigenvalue weighted by molar-refractivity contribution is -0.633. The van der Waals surface area contributed by atoms with Crippen molar-refractivity contribution in [1.29, 1.82) is 0 Å². The molecule has 2 heterocycles. The van der Waals surface area contributed by atoms with E-state index in [-0.39, 0.29) is 0 Å². The fourth-order valence-electron chi connectivity index (χ4n) is 4.62. The van der Waals surface area contributed by atoms with Crippen molar-refractivity contribution in [3.05, 3.63) is 102 Å². The van der Waals surface area contributed by atoms with Crippen LogP contribution < -0.4 is 4.57 Å². The number of para-hydroxylation sites is 2. The molecule has 0 amide bonds. The predicted molar refractivity (Wildman–Crippen MR) is 132 cm³/mol. The summed E-state index contributed by atoms with van der Waals surface area (Å²) in [6, 6.07) is 28.3. The Kier molecular flexibility index (Phi) is 5.10. The van der Waals surface area contributed by atoms with E-state index in [0.29, 0.717) is 5.92 Å². The highest BCUT2D eigenvalue weighted by Gasteiger charge is 2.28. The molecule has 3 aromatic carbocycles. The number of nitrogens with zero attached hydrogens (tertiary/aromatic N) is 3. The quantitative estimate of drug-likeness (QED) is 0.301. The van der Waals surface area contributed by atoms with Crippen molar-refractivity contribution < 1.29 is 4.57 Å². The Labute approximate surface area is 189 Å². The summed E-state index contributed by atoms with van der Waals surface area (Å²) in [6.07, 6.45) is 3.82. The summed E-state index contributed by atoms with van der Waals surface area (Å²) in [5.41, 5.74) is 9.83. The molecule has 0 spiro atoms. The highest BCUT2D eigenvalue weighted by molar-refractivity contribution is 5.80. The third kappa shape index (κ3) is 3.31.